The molecule has 10 heteroatoms. The summed E-state index contributed by atoms with van der Waals surface area (Å²) in [6.07, 6.45) is 2.91. The van der Waals surface area contributed by atoms with Gasteiger partial charge < -0.3 is 5.32 Å². The summed E-state index contributed by atoms with van der Waals surface area (Å²) in [6, 6.07) is 5.89. The van der Waals surface area contributed by atoms with Gasteiger partial charge in [0.2, 0.25) is 15.9 Å². The molecule has 2 N–H and O–H groups in total. The highest BCUT2D eigenvalue weighted by Gasteiger charge is 2.25. The third kappa shape index (κ3) is 4.36. The van der Waals surface area contributed by atoms with Crippen LogP contribution in [0.15, 0.2) is 35.5 Å². The summed E-state index contributed by atoms with van der Waals surface area (Å²) in [7, 11) is -3.61. The Kier molecular flexibility index (Phi) is 5.36. The number of hydrogen-bond donors (Lipinski definition) is 2. The molecule has 1 aliphatic rings. The average molecular weight is 384 g/mol. The summed E-state index contributed by atoms with van der Waals surface area (Å²) in [4.78, 5) is 16.5. The van der Waals surface area contributed by atoms with Crippen LogP contribution in [0.3, 0.4) is 0 Å². The minimum Gasteiger partial charge on any atom is -0.354 e. The zero-order valence-corrected chi connectivity index (χ0v) is 14.9. The SMILES string of the molecule is O=C(NCCNS(=O)(=O)c1ccc(Cl)cc1)C1CCc2ncnn2C1. The summed E-state index contributed by atoms with van der Waals surface area (Å²) in [5.41, 5.74) is 0. The highest BCUT2D eigenvalue weighted by molar-refractivity contribution is 7.89. The number of rotatable bonds is 6. The van der Waals surface area contributed by atoms with Gasteiger partial charge in [0.25, 0.3) is 0 Å². The van der Waals surface area contributed by atoms with Gasteiger partial charge in [0.15, 0.2) is 0 Å². The topological polar surface area (TPSA) is 106 Å². The molecule has 8 nitrogen and oxygen atoms in total. The molecule has 134 valence electrons. The van der Waals surface area contributed by atoms with Gasteiger partial charge in [0.05, 0.1) is 17.4 Å². The normalized spacial score (nSPS) is 17.1. The Morgan fingerprint density at radius 2 is 2.04 bits per heavy atom. The average Bonchev–Trinajstić information content (AvgIpc) is 3.06. The molecular weight excluding hydrogens is 366 g/mol. The van der Waals surface area contributed by atoms with Crippen LogP contribution in [0.5, 0.6) is 0 Å². The molecule has 0 aliphatic carbocycles. The zero-order valence-electron chi connectivity index (χ0n) is 13.4. The van der Waals surface area contributed by atoms with Crippen LogP contribution in [-0.4, -0.2) is 42.2 Å². The molecule has 1 atom stereocenters. The zero-order chi connectivity index (χ0) is 17.9. The Balaban J connectivity index is 1.45. The largest absolute Gasteiger partial charge is 0.354 e. The minimum atomic E-state index is -3.61. The smallest absolute Gasteiger partial charge is 0.240 e. The fraction of sp³-hybridized carbons (Fsp3) is 0.400. The molecule has 25 heavy (non-hydrogen) atoms. The number of hydrogen-bond acceptors (Lipinski definition) is 5. The third-order valence-electron chi connectivity index (χ3n) is 4.02. The standard InChI is InChI=1S/C15H18ClN5O3S/c16-12-2-4-13(5-3-12)25(23,24)20-8-7-17-15(22)11-1-6-14-18-10-19-21(14)9-11/h2-5,10-11,20H,1,6-9H2,(H,17,22). The van der Waals surface area contributed by atoms with Crippen molar-refractivity contribution in [1.29, 1.82) is 0 Å². The van der Waals surface area contributed by atoms with Gasteiger partial charge >= 0.3 is 0 Å². The molecule has 2 aromatic rings. The predicted molar refractivity (Wildman–Crippen MR) is 91.5 cm³/mol. The van der Waals surface area contributed by atoms with Gasteiger partial charge in [-0.25, -0.2) is 22.8 Å². The molecule has 0 radical (unpaired) electrons. The van der Waals surface area contributed by atoms with Crippen molar-refractivity contribution in [1.82, 2.24) is 24.8 Å². The molecule has 1 amide bonds. The second-order valence-electron chi connectivity index (χ2n) is 5.74. The molecule has 0 saturated carbocycles. The minimum absolute atomic E-state index is 0.105. The fourth-order valence-corrected chi connectivity index (χ4v) is 3.82. The van der Waals surface area contributed by atoms with Crippen molar-refractivity contribution in [2.45, 2.75) is 24.3 Å². The van der Waals surface area contributed by atoms with Crippen LogP contribution in [0.1, 0.15) is 12.2 Å². The van der Waals surface area contributed by atoms with Crippen LogP contribution in [0.25, 0.3) is 0 Å². The first-order valence-electron chi connectivity index (χ1n) is 7.85. The summed E-state index contributed by atoms with van der Waals surface area (Å²) in [5.74, 6) is 0.605. The van der Waals surface area contributed by atoms with Crippen LogP contribution in [0.2, 0.25) is 5.02 Å². The molecule has 1 aromatic carbocycles. The monoisotopic (exact) mass is 383 g/mol. The van der Waals surface area contributed by atoms with E-state index in [1.54, 1.807) is 4.68 Å². The highest BCUT2D eigenvalue weighted by atomic mass is 35.5. The van der Waals surface area contributed by atoms with E-state index in [1.807, 2.05) is 0 Å². The number of benzene rings is 1. The highest BCUT2D eigenvalue weighted by Crippen LogP contribution is 2.17. The summed E-state index contributed by atoms with van der Waals surface area (Å²) in [6.45, 7) is 0.821. The fourth-order valence-electron chi connectivity index (χ4n) is 2.66. The first kappa shape index (κ1) is 17.8. The summed E-state index contributed by atoms with van der Waals surface area (Å²) >= 11 is 5.75. The van der Waals surface area contributed by atoms with Crippen LogP contribution in [0.4, 0.5) is 0 Å². The van der Waals surface area contributed by atoms with Gasteiger partial charge in [-0.15, -0.1) is 0 Å². The molecule has 0 saturated heterocycles. The van der Waals surface area contributed by atoms with Gasteiger partial charge in [-0.3, -0.25) is 4.79 Å². The van der Waals surface area contributed by atoms with Crippen molar-refractivity contribution < 1.29 is 13.2 Å². The van der Waals surface area contributed by atoms with Crippen LogP contribution < -0.4 is 10.0 Å². The summed E-state index contributed by atoms with van der Waals surface area (Å²) in [5, 5.41) is 7.31. The Morgan fingerprint density at radius 1 is 1.28 bits per heavy atom. The third-order valence-corrected chi connectivity index (χ3v) is 5.75. The van der Waals surface area contributed by atoms with Crippen molar-refractivity contribution in [3.05, 3.63) is 41.4 Å². The van der Waals surface area contributed by atoms with E-state index in [0.29, 0.717) is 24.4 Å². The number of sulfonamides is 1. The van der Waals surface area contributed by atoms with E-state index in [0.717, 1.165) is 5.82 Å². The van der Waals surface area contributed by atoms with E-state index < -0.39 is 10.0 Å². The second kappa shape index (κ2) is 7.51. The number of carbonyl (C=O) groups excluding carboxylic acids is 1. The van der Waals surface area contributed by atoms with Crippen molar-refractivity contribution in [3.63, 3.8) is 0 Å². The number of amides is 1. The molecule has 2 heterocycles. The van der Waals surface area contributed by atoms with Crippen molar-refractivity contribution in [2.75, 3.05) is 13.1 Å². The number of fused-ring (bicyclic) bond motifs is 1. The Morgan fingerprint density at radius 3 is 2.80 bits per heavy atom. The lowest BCUT2D eigenvalue weighted by atomic mass is 9.99. The van der Waals surface area contributed by atoms with Crippen molar-refractivity contribution in [3.8, 4) is 0 Å². The number of carbonyl (C=O) groups is 1. The maximum Gasteiger partial charge on any atom is 0.240 e. The van der Waals surface area contributed by atoms with Gasteiger partial charge in [0.1, 0.15) is 12.2 Å². The molecule has 1 aromatic heterocycles. The molecule has 0 bridgehead atoms. The lowest BCUT2D eigenvalue weighted by Crippen LogP contribution is -2.40. The molecule has 1 aliphatic heterocycles. The Hall–Kier alpha value is -1.97. The van der Waals surface area contributed by atoms with E-state index in [4.69, 9.17) is 11.6 Å². The van der Waals surface area contributed by atoms with Gasteiger partial charge in [0, 0.05) is 24.5 Å². The molecule has 1 unspecified atom stereocenters. The van der Waals surface area contributed by atoms with Crippen LogP contribution in [0, 0.1) is 5.92 Å². The number of nitrogens with zero attached hydrogens (tertiary/aromatic N) is 3. The molecule has 0 fully saturated rings. The van der Waals surface area contributed by atoms with Crippen LogP contribution in [-0.2, 0) is 27.8 Å². The first-order chi connectivity index (χ1) is 12.0. The predicted octanol–water partition coefficient (Wildman–Crippen LogP) is 0.589. The Labute approximate surface area is 150 Å². The maximum atomic E-state index is 12.2. The number of nitrogens with one attached hydrogen (secondary N) is 2. The van der Waals surface area contributed by atoms with E-state index in [1.165, 1.54) is 30.6 Å². The van der Waals surface area contributed by atoms with Gasteiger partial charge in [-0.05, 0) is 30.7 Å². The lowest BCUT2D eigenvalue weighted by molar-refractivity contribution is -0.126. The van der Waals surface area contributed by atoms with E-state index in [2.05, 4.69) is 20.1 Å². The van der Waals surface area contributed by atoms with E-state index in [9.17, 15) is 13.2 Å². The van der Waals surface area contributed by atoms with E-state index in [-0.39, 0.29) is 29.8 Å². The number of aryl methyl sites for hydroxylation is 1. The van der Waals surface area contributed by atoms with Gasteiger partial charge in [-0.2, -0.15) is 5.10 Å². The van der Waals surface area contributed by atoms with Crippen molar-refractivity contribution >= 4 is 27.5 Å². The van der Waals surface area contributed by atoms with Crippen LogP contribution >= 0.6 is 11.6 Å². The lowest BCUT2D eigenvalue weighted by Gasteiger charge is -2.21. The first-order valence-corrected chi connectivity index (χ1v) is 9.71. The molecular formula is C15H18ClN5O3S. The van der Waals surface area contributed by atoms with Gasteiger partial charge in [-0.1, -0.05) is 11.6 Å². The number of halogens is 1. The maximum absolute atomic E-state index is 12.2. The number of aromatic nitrogens is 3. The Bertz CT molecular complexity index is 850. The molecule has 3 rings (SSSR count). The second-order valence-corrected chi connectivity index (χ2v) is 7.94. The van der Waals surface area contributed by atoms with E-state index >= 15 is 0 Å². The quantitative estimate of drug-likeness (QED) is 0.710. The molecule has 0 spiro atoms. The summed E-state index contributed by atoms with van der Waals surface area (Å²) < 4.78 is 28.4. The van der Waals surface area contributed by atoms with Crippen molar-refractivity contribution in [2.24, 2.45) is 5.92 Å².